The van der Waals surface area contributed by atoms with Gasteiger partial charge in [-0.15, -0.1) is 0 Å². The molecule has 19 heteroatoms. The van der Waals surface area contributed by atoms with Crippen LogP contribution in [0.3, 0.4) is 0 Å². The SMILES string of the molecule is C=Cn1cc[n+](CCCCCCC(F)(F)C(F)(F)C(F)(F)C(F)(F)C(F)(F)C(F)(F)C(F)(F)C(F)(F)F)c1. The van der Waals surface area contributed by atoms with Gasteiger partial charge in [-0.25, -0.2) is 9.13 Å². The van der Waals surface area contributed by atoms with Crippen molar-refractivity contribution >= 4 is 6.20 Å². The van der Waals surface area contributed by atoms with Gasteiger partial charge in [0.1, 0.15) is 12.4 Å². The quantitative estimate of drug-likeness (QED) is 0.118. The molecule has 1 rings (SSSR count). The lowest BCUT2D eigenvalue weighted by Gasteiger charge is -2.42. The van der Waals surface area contributed by atoms with Gasteiger partial charge in [0.15, 0.2) is 0 Å². The van der Waals surface area contributed by atoms with Crippen LogP contribution in [0.4, 0.5) is 74.6 Å². The third-order valence-electron chi connectivity index (χ3n) is 5.37. The average Bonchev–Trinajstić information content (AvgIpc) is 3.22. The zero-order valence-corrected chi connectivity index (χ0v) is 18.6. The van der Waals surface area contributed by atoms with E-state index in [-0.39, 0.29) is 19.4 Å². The van der Waals surface area contributed by atoms with Crippen LogP contribution in [0.25, 0.3) is 6.20 Å². The highest BCUT2D eigenvalue weighted by molar-refractivity contribution is 5.15. The Kier molecular flexibility index (Phi) is 9.24. The number of rotatable bonds is 14. The minimum atomic E-state index is -8.59. The number of imidazole rings is 1. The van der Waals surface area contributed by atoms with E-state index in [9.17, 15) is 74.6 Å². The fourth-order valence-corrected chi connectivity index (χ4v) is 3.00. The first-order valence-corrected chi connectivity index (χ1v) is 10.2. The first kappa shape index (κ1) is 33.8. The van der Waals surface area contributed by atoms with E-state index in [4.69, 9.17) is 0 Å². The Labute approximate surface area is 202 Å². The molecule has 0 aliphatic rings. The molecule has 0 aromatic carbocycles. The molecule has 0 N–H and O–H groups in total. The molecule has 38 heavy (non-hydrogen) atoms. The molecule has 0 amide bonds. The zero-order chi connectivity index (χ0) is 30.2. The van der Waals surface area contributed by atoms with E-state index in [1.54, 1.807) is 17.0 Å². The molecular weight excluding hydrogens is 579 g/mol. The molecule has 2 nitrogen and oxygen atoms in total. The topological polar surface area (TPSA) is 8.81 Å². The van der Waals surface area contributed by atoms with E-state index in [0.717, 1.165) is 0 Å². The normalized spacial score (nSPS) is 15.2. The predicted octanol–water partition coefficient (Wildman–Crippen LogP) is 7.84. The molecular formula is C19H18F17N2+. The van der Waals surface area contributed by atoms with Gasteiger partial charge in [0, 0.05) is 6.42 Å². The maximum Gasteiger partial charge on any atom is 0.460 e. The molecule has 0 radical (unpaired) electrons. The van der Waals surface area contributed by atoms with Gasteiger partial charge >= 0.3 is 47.6 Å². The summed E-state index contributed by atoms with van der Waals surface area (Å²) < 4.78 is 228. The van der Waals surface area contributed by atoms with Crippen LogP contribution < -0.4 is 4.57 Å². The summed E-state index contributed by atoms with van der Waals surface area (Å²) in [6.45, 7) is 3.69. The maximum absolute atomic E-state index is 13.8. The molecule has 222 valence electrons. The minimum Gasteiger partial charge on any atom is -0.236 e. The van der Waals surface area contributed by atoms with E-state index in [1.807, 2.05) is 0 Å². The van der Waals surface area contributed by atoms with Crippen LogP contribution >= 0.6 is 0 Å². The molecule has 0 unspecified atom stereocenters. The Bertz CT molecular complexity index is 945. The lowest BCUT2D eigenvalue weighted by molar-refractivity contribution is -0.696. The fraction of sp³-hybridized carbons (Fsp3) is 0.737. The van der Waals surface area contributed by atoms with Gasteiger partial charge in [-0.05, 0) is 19.3 Å². The van der Waals surface area contributed by atoms with Gasteiger partial charge in [-0.2, -0.15) is 74.6 Å². The first-order chi connectivity index (χ1) is 16.8. The third kappa shape index (κ3) is 5.42. The second-order valence-electron chi connectivity index (χ2n) is 8.09. The van der Waals surface area contributed by atoms with Crippen molar-refractivity contribution in [1.29, 1.82) is 0 Å². The number of hydrogen-bond acceptors (Lipinski definition) is 0. The molecule has 0 bridgehead atoms. The largest absolute Gasteiger partial charge is 0.460 e. The maximum atomic E-state index is 13.8. The molecule has 0 spiro atoms. The highest BCUT2D eigenvalue weighted by atomic mass is 19.4. The predicted molar refractivity (Wildman–Crippen MR) is 94.8 cm³/mol. The van der Waals surface area contributed by atoms with Crippen LogP contribution in [-0.4, -0.2) is 52.2 Å². The summed E-state index contributed by atoms with van der Waals surface area (Å²) >= 11 is 0. The van der Waals surface area contributed by atoms with Gasteiger partial charge in [-0.3, -0.25) is 0 Å². The van der Waals surface area contributed by atoms with Crippen molar-refractivity contribution < 1.29 is 79.2 Å². The zero-order valence-electron chi connectivity index (χ0n) is 18.6. The number of alkyl halides is 17. The molecule has 0 fully saturated rings. The third-order valence-corrected chi connectivity index (χ3v) is 5.37. The second kappa shape index (κ2) is 10.4. The summed E-state index contributed by atoms with van der Waals surface area (Å²) in [4.78, 5) is 0. The molecule has 0 atom stereocenters. The molecule has 0 saturated heterocycles. The van der Waals surface area contributed by atoms with Crippen LogP contribution in [-0.2, 0) is 6.54 Å². The van der Waals surface area contributed by atoms with E-state index in [0.29, 0.717) is 0 Å². The van der Waals surface area contributed by atoms with Crippen LogP contribution in [0, 0.1) is 0 Å². The Hall–Kier alpha value is -2.24. The van der Waals surface area contributed by atoms with Crippen molar-refractivity contribution in [3.63, 3.8) is 0 Å². The molecule has 1 aromatic rings. The van der Waals surface area contributed by atoms with Crippen LogP contribution in [0.5, 0.6) is 0 Å². The lowest BCUT2D eigenvalue weighted by atomic mass is 9.88. The van der Waals surface area contributed by atoms with Crippen molar-refractivity contribution in [3.8, 4) is 0 Å². The van der Waals surface area contributed by atoms with Crippen molar-refractivity contribution in [1.82, 2.24) is 4.57 Å². The average molecular weight is 597 g/mol. The summed E-state index contributed by atoms with van der Waals surface area (Å²) in [6, 6.07) is 0. The van der Waals surface area contributed by atoms with E-state index < -0.39 is 66.9 Å². The van der Waals surface area contributed by atoms with Gasteiger partial charge in [0.05, 0.1) is 12.7 Å². The van der Waals surface area contributed by atoms with Crippen molar-refractivity contribution in [3.05, 3.63) is 25.3 Å². The molecule has 0 aliphatic heterocycles. The summed E-state index contributed by atoms with van der Waals surface area (Å²) in [5.74, 6) is -55.9. The Morgan fingerprint density at radius 3 is 1.42 bits per heavy atom. The van der Waals surface area contributed by atoms with Gasteiger partial charge < -0.3 is 0 Å². The van der Waals surface area contributed by atoms with Gasteiger partial charge in [0.25, 0.3) is 0 Å². The van der Waals surface area contributed by atoms with Crippen molar-refractivity contribution in [2.75, 3.05) is 0 Å². The standard InChI is InChI=1S/C19H18F17N2/c1-2-37-9-10-38(11-37)8-6-4-3-5-7-12(20,21)13(22,23)14(24,25)15(26,27)16(28,29)17(30,31)18(32,33)19(34,35)36/h2,9-11H,1,3-8H2/q+1. The van der Waals surface area contributed by atoms with E-state index in [2.05, 4.69) is 6.58 Å². The summed E-state index contributed by atoms with van der Waals surface area (Å²) in [5.41, 5.74) is 0. The van der Waals surface area contributed by atoms with E-state index >= 15 is 0 Å². The van der Waals surface area contributed by atoms with Crippen LogP contribution in [0.1, 0.15) is 32.1 Å². The minimum absolute atomic E-state index is 0.0305. The fourth-order valence-electron chi connectivity index (χ4n) is 3.00. The highest BCUT2D eigenvalue weighted by Gasteiger charge is 2.95. The second-order valence-corrected chi connectivity index (χ2v) is 8.09. The van der Waals surface area contributed by atoms with Gasteiger partial charge in [0.2, 0.25) is 6.33 Å². The highest BCUT2D eigenvalue weighted by Crippen LogP contribution is 2.64. The molecule has 1 heterocycles. The van der Waals surface area contributed by atoms with Crippen molar-refractivity contribution in [2.45, 2.75) is 86.3 Å². The summed E-state index contributed by atoms with van der Waals surface area (Å²) in [7, 11) is 0. The summed E-state index contributed by atoms with van der Waals surface area (Å²) in [5, 5.41) is 0. The number of aromatic nitrogens is 2. The molecule has 0 saturated carbocycles. The number of halogens is 17. The van der Waals surface area contributed by atoms with Gasteiger partial charge in [-0.1, -0.05) is 13.0 Å². The summed E-state index contributed by atoms with van der Waals surface area (Å²) in [6.07, 6.45) is -5.50. The first-order valence-electron chi connectivity index (χ1n) is 10.2. The van der Waals surface area contributed by atoms with E-state index in [1.165, 1.54) is 17.1 Å². The Balaban J connectivity index is 3.04. The van der Waals surface area contributed by atoms with Crippen LogP contribution in [0.2, 0.25) is 0 Å². The number of unbranched alkanes of at least 4 members (excludes halogenated alkanes) is 3. The molecule has 0 aliphatic carbocycles. The number of aryl methyl sites for hydroxylation is 1. The molecule has 1 aromatic heterocycles. The van der Waals surface area contributed by atoms with Crippen LogP contribution in [0.15, 0.2) is 25.3 Å². The number of hydrogen-bond donors (Lipinski definition) is 0. The number of nitrogens with zero attached hydrogens (tertiary/aromatic N) is 2. The lowest BCUT2D eigenvalue weighted by Crippen LogP contribution is -2.74. The Morgan fingerprint density at radius 1 is 0.579 bits per heavy atom. The monoisotopic (exact) mass is 597 g/mol. The smallest absolute Gasteiger partial charge is 0.236 e. The van der Waals surface area contributed by atoms with Crippen molar-refractivity contribution in [2.24, 2.45) is 0 Å². The Morgan fingerprint density at radius 2 is 1.00 bits per heavy atom.